The Morgan fingerprint density at radius 3 is 2.64 bits per heavy atom. The van der Waals surface area contributed by atoms with Crippen molar-refractivity contribution in [1.29, 1.82) is 0 Å². The highest BCUT2D eigenvalue weighted by atomic mass is 19.1. The van der Waals surface area contributed by atoms with Crippen molar-refractivity contribution in [2.75, 3.05) is 5.32 Å². The lowest BCUT2D eigenvalue weighted by molar-refractivity contribution is 0.489. The molecule has 0 aliphatic heterocycles. The largest absolute Gasteiger partial charge is 0.465 e. The van der Waals surface area contributed by atoms with Crippen LogP contribution in [0.4, 0.5) is 14.6 Å². The highest BCUT2D eigenvalue weighted by molar-refractivity contribution is 5.71. The maximum atomic E-state index is 13.7. The molecule has 4 rings (SSSR count). The summed E-state index contributed by atoms with van der Waals surface area (Å²) < 4.78 is 33.2. The minimum atomic E-state index is -0.561. The SMILES string of the molecule is Cc1oc2c(c1-c1ccc(NCc3c(F)cccc3F)nc1)CCC2. The van der Waals surface area contributed by atoms with Crippen LogP contribution in [0.5, 0.6) is 0 Å². The van der Waals surface area contributed by atoms with Gasteiger partial charge in [0, 0.05) is 41.4 Å². The van der Waals surface area contributed by atoms with Gasteiger partial charge in [0.05, 0.1) is 0 Å². The van der Waals surface area contributed by atoms with Gasteiger partial charge < -0.3 is 9.73 Å². The van der Waals surface area contributed by atoms with Gasteiger partial charge in [-0.3, -0.25) is 0 Å². The van der Waals surface area contributed by atoms with Crippen molar-refractivity contribution in [3.05, 3.63) is 70.8 Å². The molecule has 1 N–H and O–H groups in total. The Labute approximate surface area is 144 Å². The van der Waals surface area contributed by atoms with Crippen LogP contribution in [0, 0.1) is 18.6 Å². The van der Waals surface area contributed by atoms with Crippen molar-refractivity contribution < 1.29 is 13.2 Å². The predicted octanol–water partition coefficient (Wildman–Crippen LogP) is 5.03. The fraction of sp³-hybridized carbons (Fsp3) is 0.250. The first-order chi connectivity index (χ1) is 12.1. The first kappa shape index (κ1) is 15.8. The van der Waals surface area contributed by atoms with Gasteiger partial charge in [-0.25, -0.2) is 13.8 Å². The number of benzene rings is 1. The highest BCUT2D eigenvalue weighted by Crippen LogP contribution is 2.37. The number of rotatable bonds is 4. The Morgan fingerprint density at radius 1 is 1.12 bits per heavy atom. The Balaban J connectivity index is 1.53. The smallest absolute Gasteiger partial charge is 0.131 e. The molecule has 25 heavy (non-hydrogen) atoms. The number of pyridine rings is 1. The van der Waals surface area contributed by atoms with E-state index in [1.165, 1.54) is 23.8 Å². The second kappa shape index (κ2) is 6.31. The molecule has 1 aromatic carbocycles. The molecule has 0 radical (unpaired) electrons. The topological polar surface area (TPSA) is 38.1 Å². The van der Waals surface area contributed by atoms with E-state index in [2.05, 4.69) is 10.3 Å². The summed E-state index contributed by atoms with van der Waals surface area (Å²) in [6.07, 6.45) is 4.94. The summed E-state index contributed by atoms with van der Waals surface area (Å²) in [5.41, 5.74) is 3.43. The molecule has 1 aliphatic rings. The molecule has 0 spiro atoms. The van der Waals surface area contributed by atoms with Crippen molar-refractivity contribution in [3.63, 3.8) is 0 Å². The monoisotopic (exact) mass is 340 g/mol. The summed E-state index contributed by atoms with van der Waals surface area (Å²) in [7, 11) is 0. The second-order valence-electron chi connectivity index (χ2n) is 6.27. The molecule has 128 valence electrons. The molecule has 5 heteroatoms. The molecule has 0 saturated carbocycles. The van der Waals surface area contributed by atoms with Crippen LogP contribution in [0.25, 0.3) is 11.1 Å². The summed E-state index contributed by atoms with van der Waals surface area (Å²) in [5.74, 6) is 1.46. The molecule has 0 saturated heterocycles. The van der Waals surface area contributed by atoms with Gasteiger partial charge in [-0.2, -0.15) is 0 Å². The molecule has 0 atom stereocenters. The second-order valence-corrected chi connectivity index (χ2v) is 6.27. The Kier molecular flexibility index (Phi) is 3.99. The lowest BCUT2D eigenvalue weighted by atomic mass is 10.0. The van der Waals surface area contributed by atoms with Crippen molar-refractivity contribution >= 4 is 5.82 Å². The Hall–Kier alpha value is -2.69. The minimum Gasteiger partial charge on any atom is -0.465 e. The standard InChI is InChI=1S/C20H18F2N2O/c1-12-20(14-4-2-7-18(14)25-12)13-8-9-19(23-10-13)24-11-15-16(21)5-3-6-17(15)22/h3,5-6,8-10H,2,4,7,11H2,1H3,(H,23,24). The predicted molar refractivity (Wildman–Crippen MR) is 92.4 cm³/mol. The molecule has 0 amide bonds. The van der Waals surface area contributed by atoms with E-state index in [9.17, 15) is 8.78 Å². The lowest BCUT2D eigenvalue weighted by Gasteiger charge is -2.09. The molecule has 2 heterocycles. The molecule has 3 aromatic rings. The average molecular weight is 340 g/mol. The van der Waals surface area contributed by atoms with Gasteiger partial charge in [0.15, 0.2) is 0 Å². The van der Waals surface area contributed by atoms with Crippen LogP contribution in [0.3, 0.4) is 0 Å². The fourth-order valence-corrected chi connectivity index (χ4v) is 3.45. The quantitative estimate of drug-likeness (QED) is 0.724. The van der Waals surface area contributed by atoms with Gasteiger partial charge >= 0.3 is 0 Å². The number of fused-ring (bicyclic) bond motifs is 1. The highest BCUT2D eigenvalue weighted by Gasteiger charge is 2.23. The minimum absolute atomic E-state index is 0.0110. The van der Waals surface area contributed by atoms with Gasteiger partial charge in [-0.05, 0) is 44.0 Å². The summed E-state index contributed by atoms with van der Waals surface area (Å²) in [6.45, 7) is 2.02. The molecule has 2 aromatic heterocycles. The van der Waals surface area contributed by atoms with Crippen LogP contribution < -0.4 is 5.32 Å². The van der Waals surface area contributed by atoms with Gasteiger partial charge in [0.1, 0.15) is 29.0 Å². The van der Waals surface area contributed by atoms with E-state index in [4.69, 9.17) is 4.42 Å². The van der Waals surface area contributed by atoms with Crippen LogP contribution >= 0.6 is 0 Å². The van der Waals surface area contributed by atoms with E-state index < -0.39 is 11.6 Å². The average Bonchev–Trinajstić information content (AvgIpc) is 3.15. The van der Waals surface area contributed by atoms with Crippen molar-refractivity contribution in [2.45, 2.75) is 32.7 Å². The summed E-state index contributed by atoms with van der Waals surface area (Å²) >= 11 is 0. The Morgan fingerprint density at radius 2 is 1.92 bits per heavy atom. The van der Waals surface area contributed by atoms with Crippen molar-refractivity contribution in [1.82, 2.24) is 4.98 Å². The fourth-order valence-electron chi connectivity index (χ4n) is 3.45. The normalized spacial score (nSPS) is 13.1. The van der Waals surface area contributed by atoms with Crippen molar-refractivity contribution in [3.8, 4) is 11.1 Å². The first-order valence-electron chi connectivity index (χ1n) is 8.38. The van der Waals surface area contributed by atoms with Crippen LogP contribution in [0.2, 0.25) is 0 Å². The van der Waals surface area contributed by atoms with Gasteiger partial charge in [-0.1, -0.05) is 6.07 Å². The number of aryl methyl sites for hydroxylation is 2. The third-order valence-electron chi connectivity index (χ3n) is 4.66. The lowest BCUT2D eigenvalue weighted by Crippen LogP contribution is -2.05. The maximum absolute atomic E-state index is 13.7. The van der Waals surface area contributed by atoms with E-state index in [0.29, 0.717) is 5.82 Å². The van der Waals surface area contributed by atoms with Gasteiger partial charge in [-0.15, -0.1) is 0 Å². The van der Waals surface area contributed by atoms with Gasteiger partial charge in [0.25, 0.3) is 0 Å². The van der Waals surface area contributed by atoms with E-state index >= 15 is 0 Å². The number of anilines is 1. The number of aromatic nitrogens is 1. The van der Waals surface area contributed by atoms with E-state index in [-0.39, 0.29) is 12.1 Å². The number of halogens is 2. The van der Waals surface area contributed by atoms with E-state index in [1.54, 1.807) is 6.20 Å². The first-order valence-corrected chi connectivity index (χ1v) is 8.38. The number of nitrogens with zero attached hydrogens (tertiary/aromatic N) is 1. The molecule has 3 nitrogen and oxygen atoms in total. The maximum Gasteiger partial charge on any atom is 0.131 e. The Bertz CT molecular complexity index is 896. The third-order valence-corrected chi connectivity index (χ3v) is 4.66. The number of nitrogens with one attached hydrogen (secondary N) is 1. The summed E-state index contributed by atoms with van der Waals surface area (Å²) in [6, 6.07) is 7.63. The van der Waals surface area contributed by atoms with E-state index in [0.717, 1.165) is 41.9 Å². The molecule has 0 fully saturated rings. The molecule has 0 bridgehead atoms. The molecule has 1 aliphatic carbocycles. The zero-order valence-corrected chi connectivity index (χ0v) is 13.9. The molecule has 0 unspecified atom stereocenters. The van der Waals surface area contributed by atoms with Crippen LogP contribution in [-0.4, -0.2) is 4.98 Å². The summed E-state index contributed by atoms with van der Waals surface area (Å²) in [5, 5.41) is 2.97. The third kappa shape index (κ3) is 2.90. The number of furan rings is 1. The zero-order chi connectivity index (χ0) is 17.4. The number of hydrogen-bond donors (Lipinski definition) is 1. The molecular formula is C20H18F2N2O. The van der Waals surface area contributed by atoms with Crippen molar-refractivity contribution in [2.24, 2.45) is 0 Å². The zero-order valence-electron chi connectivity index (χ0n) is 13.9. The van der Waals surface area contributed by atoms with Crippen LogP contribution in [-0.2, 0) is 19.4 Å². The molecular weight excluding hydrogens is 322 g/mol. The van der Waals surface area contributed by atoms with Crippen LogP contribution in [0.15, 0.2) is 40.9 Å². The van der Waals surface area contributed by atoms with Crippen LogP contribution in [0.1, 0.15) is 29.1 Å². The van der Waals surface area contributed by atoms with E-state index in [1.807, 2.05) is 19.1 Å². The van der Waals surface area contributed by atoms with Gasteiger partial charge in [0.2, 0.25) is 0 Å². The number of hydrogen-bond acceptors (Lipinski definition) is 3. The summed E-state index contributed by atoms with van der Waals surface area (Å²) in [4.78, 5) is 4.38.